The maximum absolute atomic E-state index is 12.8. The molecule has 160 valence electrons. The van der Waals surface area contributed by atoms with E-state index in [1.165, 1.54) is 0 Å². The number of rotatable bonds is 6. The van der Waals surface area contributed by atoms with Crippen molar-refractivity contribution in [2.24, 2.45) is 7.05 Å². The topological polar surface area (TPSA) is 85.1 Å². The van der Waals surface area contributed by atoms with Gasteiger partial charge in [-0.2, -0.15) is 5.10 Å². The van der Waals surface area contributed by atoms with Crippen molar-refractivity contribution in [2.75, 3.05) is 18.4 Å². The van der Waals surface area contributed by atoms with Gasteiger partial charge in [0.2, 0.25) is 5.91 Å². The fourth-order valence-corrected chi connectivity index (χ4v) is 3.87. The number of likely N-dealkylation sites (N-methyl/N-ethyl adjacent to an activating group) is 1. The zero-order valence-corrected chi connectivity index (χ0v) is 18.2. The number of carbonyl (C=O) groups excluding carboxylic acids is 2. The smallest absolute Gasteiger partial charge is 0.257 e. The van der Waals surface area contributed by atoms with Crippen LogP contribution in [-0.4, -0.2) is 49.1 Å². The Balaban J connectivity index is 1.53. The van der Waals surface area contributed by atoms with Crippen LogP contribution in [0.15, 0.2) is 42.7 Å². The lowest BCUT2D eigenvalue weighted by Crippen LogP contribution is -2.33. The number of amides is 2. The average Bonchev–Trinajstić information content (AvgIpc) is 3.28. The van der Waals surface area contributed by atoms with E-state index >= 15 is 0 Å². The summed E-state index contributed by atoms with van der Waals surface area (Å²) in [5, 5.41) is 9.11. The van der Waals surface area contributed by atoms with Gasteiger partial charge >= 0.3 is 0 Å². The maximum Gasteiger partial charge on any atom is 0.257 e. The number of aryl methyl sites for hydroxylation is 2. The van der Waals surface area contributed by atoms with Crippen molar-refractivity contribution in [1.29, 1.82) is 0 Å². The lowest BCUT2D eigenvalue weighted by molar-refractivity contribution is -0.131. The van der Waals surface area contributed by atoms with Gasteiger partial charge in [0.15, 0.2) is 5.65 Å². The molecule has 0 radical (unpaired) electrons. The lowest BCUT2D eigenvalue weighted by Gasteiger charge is -2.19. The van der Waals surface area contributed by atoms with Gasteiger partial charge in [-0.05, 0) is 51.1 Å². The van der Waals surface area contributed by atoms with Crippen molar-refractivity contribution >= 4 is 39.4 Å². The SMILES string of the molecule is CCN(CC)C(=O)Cn1ccc2cc(NC(=O)c3cnc4c(c3)c(C)nn4C)ccc21. The van der Waals surface area contributed by atoms with Gasteiger partial charge in [-0.25, -0.2) is 4.98 Å². The number of carbonyl (C=O) groups is 2. The fraction of sp³-hybridized carbons (Fsp3) is 0.304. The highest BCUT2D eigenvalue weighted by Gasteiger charge is 2.14. The highest BCUT2D eigenvalue weighted by molar-refractivity contribution is 6.06. The summed E-state index contributed by atoms with van der Waals surface area (Å²) in [6, 6.07) is 9.45. The monoisotopic (exact) mass is 418 g/mol. The minimum Gasteiger partial charge on any atom is -0.342 e. The van der Waals surface area contributed by atoms with Crippen LogP contribution >= 0.6 is 0 Å². The van der Waals surface area contributed by atoms with Gasteiger partial charge in [-0.15, -0.1) is 0 Å². The zero-order valence-electron chi connectivity index (χ0n) is 18.2. The summed E-state index contributed by atoms with van der Waals surface area (Å²) in [5.41, 5.74) is 3.70. The van der Waals surface area contributed by atoms with Gasteiger partial charge < -0.3 is 14.8 Å². The van der Waals surface area contributed by atoms with Crippen LogP contribution in [-0.2, 0) is 18.4 Å². The largest absolute Gasteiger partial charge is 0.342 e. The summed E-state index contributed by atoms with van der Waals surface area (Å²) in [7, 11) is 1.83. The lowest BCUT2D eigenvalue weighted by atomic mass is 10.2. The summed E-state index contributed by atoms with van der Waals surface area (Å²) >= 11 is 0. The van der Waals surface area contributed by atoms with E-state index in [0.717, 1.165) is 27.6 Å². The van der Waals surface area contributed by atoms with Gasteiger partial charge in [0.05, 0.1) is 11.3 Å². The number of nitrogens with zero attached hydrogens (tertiary/aromatic N) is 5. The first-order valence-electron chi connectivity index (χ1n) is 10.4. The maximum atomic E-state index is 12.8. The summed E-state index contributed by atoms with van der Waals surface area (Å²) in [6.07, 6.45) is 3.47. The summed E-state index contributed by atoms with van der Waals surface area (Å²) in [6.45, 7) is 7.55. The normalized spacial score (nSPS) is 11.2. The Morgan fingerprint density at radius 1 is 1.13 bits per heavy atom. The van der Waals surface area contributed by atoms with Crippen LogP contribution in [0.5, 0.6) is 0 Å². The molecule has 4 rings (SSSR count). The van der Waals surface area contributed by atoms with Crippen molar-refractivity contribution < 1.29 is 9.59 Å². The van der Waals surface area contributed by atoms with Crippen LogP contribution in [0.4, 0.5) is 5.69 Å². The first-order chi connectivity index (χ1) is 14.9. The average molecular weight is 419 g/mol. The Morgan fingerprint density at radius 2 is 1.90 bits per heavy atom. The standard InChI is InChI=1S/C23H26N6O2/c1-5-28(6-2)21(30)14-29-10-9-16-11-18(7-8-20(16)29)25-23(31)17-12-19-15(3)26-27(4)22(19)24-13-17/h7-13H,5-6,14H2,1-4H3,(H,25,31). The third-order valence-electron chi connectivity index (χ3n) is 5.58. The molecule has 4 aromatic rings. The zero-order chi connectivity index (χ0) is 22.1. The van der Waals surface area contributed by atoms with Crippen LogP contribution < -0.4 is 5.32 Å². The van der Waals surface area contributed by atoms with E-state index in [0.29, 0.717) is 30.9 Å². The molecule has 1 N–H and O–H groups in total. The predicted octanol–water partition coefficient (Wildman–Crippen LogP) is 3.35. The Hall–Kier alpha value is -3.68. The molecule has 31 heavy (non-hydrogen) atoms. The first-order valence-corrected chi connectivity index (χ1v) is 10.4. The van der Waals surface area contributed by atoms with Crippen molar-refractivity contribution in [2.45, 2.75) is 27.3 Å². The minimum atomic E-state index is -0.229. The molecule has 0 unspecified atom stereocenters. The summed E-state index contributed by atoms with van der Waals surface area (Å²) in [4.78, 5) is 31.4. The van der Waals surface area contributed by atoms with Crippen molar-refractivity contribution in [3.63, 3.8) is 0 Å². The molecular weight excluding hydrogens is 392 g/mol. The number of hydrogen-bond acceptors (Lipinski definition) is 4. The third kappa shape index (κ3) is 3.88. The first kappa shape index (κ1) is 20.6. The molecular formula is C23H26N6O2. The number of anilines is 1. The van der Waals surface area contributed by atoms with E-state index in [2.05, 4.69) is 15.4 Å². The van der Waals surface area contributed by atoms with E-state index in [9.17, 15) is 9.59 Å². The molecule has 1 aromatic carbocycles. The molecule has 3 heterocycles. The van der Waals surface area contributed by atoms with E-state index in [-0.39, 0.29) is 11.8 Å². The molecule has 0 saturated heterocycles. The Kier molecular flexibility index (Phi) is 5.46. The fourth-order valence-electron chi connectivity index (χ4n) is 3.87. The van der Waals surface area contributed by atoms with Crippen molar-refractivity contribution in [3.8, 4) is 0 Å². The Morgan fingerprint density at radius 3 is 2.65 bits per heavy atom. The molecule has 0 saturated carbocycles. The van der Waals surface area contributed by atoms with Crippen molar-refractivity contribution in [1.82, 2.24) is 24.2 Å². The van der Waals surface area contributed by atoms with Gasteiger partial charge in [0.1, 0.15) is 6.54 Å². The van der Waals surface area contributed by atoms with Gasteiger partial charge in [-0.1, -0.05) is 0 Å². The van der Waals surface area contributed by atoms with Crippen LogP contribution in [0.1, 0.15) is 29.9 Å². The molecule has 0 aliphatic rings. The second-order valence-electron chi connectivity index (χ2n) is 7.54. The minimum absolute atomic E-state index is 0.0912. The van der Waals surface area contributed by atoms with E-state index in [1.54, 1.807) is 10.9 Å². The van der Waals surface area contributed by atoms with Crippen LogP contribution in [0.25, 0.3) is 21.9 Å². The van der Waals surface area contributed by atoms with Gasteiger partial charge in [-0.3, -0.25) is 14.3 Å². The van der Waals surface area contributed by atoms with E-state index in [4.69, 9.17) is 0 Å². The number of benzene rings is 1. The van der Waals surface area contributed by atoms with Crippen LogP contribution in [0, 0.1) is 6.92 Å². The molecule has 3 aromatic heterocycles. The third-order valence-corrected chi connectivity index (χ3v) is 5.58. The quantitative estimate of drug-likeness (QED) is 0.520. The van der Waals surface area contributed by atoms with Crippen LogP contribution in [0.3, 0.4) is 0 Å². The number of aromatic nitrogens is 4. The summed E-state index contributed by atoms with van der Waals surface area (Å²) in [5.74, 6) is -0.137. The molecule has 0 spiro atoms. The molecule has 2 amide bonds. The highest BCUT2D eigenvalue weighted by Crippen LogP contribution is 2.22. The molecule has 0 fully saturated rings. The Bertz CT molecular complexity index is 1280. The second kappa shape index (κ2) is 8.22. The van der Waals surface area contributed by atoms with E-state index in [1.807, 2.05) is 73.8 Å². The Labute approximate surface area is 180 Å². The molecule has 0 aliphatic heterocycles. The molecule has 0 bridgehead atoms. The highest BCUT2D eigenvalue weighted by atomic mass is 16.2. The molecule has 0 aliphatic carbocycles. The van der Waals surface area contributed by atoms with Gasteiger partial charge in [0, 0.05) is 54.5 Å². The predicted molar refractivity (Wildman–Crippen MR) is 121 cm³/mol. The van der Waals surface area contributed by atoms with Gasteiger partial charge in [0.25, 0.3) is 5.91 Å². The number of pyridine rings is 1. The van der Waals surface area contributed by atoms with Crippen LogP contribution in [0.2, 0.25) is 0 Å². The molecule has 8 nitrogen and oxygen atoms in total. The molecule has 8 heteroatoms. The second-order valence-corrected chi connectivity index (χ2v) is 7.54. The number of hydrogen-bond donors (Lipinski definition) is 1. The number of nitrogens with one attached hydrogen (secondary N) is 1. The number of fused-ring (bicyclic) bond motifs is 2. The molecule has 0 atom stereocenters. The van der Waals surface area contributed by atoms with E-state index < -0.39 is 0 Å². The van der Waals surface area contributed by atoms with Crippen molar-refractivity contribution in [3.05, 3.63) is 54.0 Å². The summed E-state index contributed by atoms with van der Waals surface area (Å²) < 4.78 is 3.64.